The SMILES string of the molecule is CC1CC(C)CN(C(=O)c2ccccc2NC(=O)CN(C)S(=O)(=O)c2cccs2)C1. The molecule has 1 aliphatic heterocycles. The van der Waals surface area contributed by atoms with Gasteiger partial charge < -0.3 is 10.2 Å². The third kappa shape index (κ3) is 5.08. The van der Waals surface area contributed by atoms with Crippen LogP contribution in [0.25, 0.3) is 0 Å². The number of benzene rings is 1. The number of para-hydroxylation sites is 1. The molecule has 0 spiro atoms. The second-order valence-electron chi connectivity index (χ2n) is 7.94. The predicted molar refractivity (Wildman–Crippen MR) is 118 cm³/mol. The highest BCUT2D eigenvalue weighted by atomic mass is 32.2. The number of nitrogens with zero attached hydrogens (tertiary/aromatic N) is 2. The Kier molecular flexibility index (Phi) is 6.95. The van der Waals surface area contributed by atoms with Crippen molar-refractivity contribution < 1.29 is 18.0 Å². The summed E-state index contributed by atoms with van der Waals surface area (Å²) in [5.74, 6) is 0.230. The van der Waals surface area contributed by atoms with Crippen molar-refractivity contribution in [3.63, 3.8) is 0 Å². The van der Waals surface area contributed by atoms with Crippen LogP contribution in [0.1, 0.15) is 30.6 Å². The van der Waals surface area contributed by atoms with E-state index in [0.717, 1.165) is 22.1 Å². The van der Waals surface area contributed by atoms with Gasteiger partial charge in [0.15, 0.2) is 0 Å². The van der Waals surface area contributed by atoms with Crippen LogP contribution in [-0.4, -0.2) is 56.1 Å². The van der Waals surface area contributed by atoms with Crippen molar-refractivity contribution in [3.05, 3.63) is 47.3 Å². The molecule has 1 aromatic carbocycles. The lowest BCUT2D eigenvalue weighted by Crippen LogP contribution is -2.43. The molecule has 0 radical (unpaired) electrons. The van der Waals surface area contributed by atoms with Crippen molar-refractivity contribution >= 4 is 38.9 Å². The maximum Gasteiger partial charge on any atom is 0.255 e. The Hall–Kier alpha value is -2.23. The van der Waals surface area contributed by atoms with E-state index in [2.05, 4.69) is 19.2 Å². The van der Waals surface area contributed by atoms with E-state index < -0.39 is 15.9 Å². The first-order valence-corrected chi connectivity index (χ1v) is 12.2. The normalized spacial score (nSPS) is 19.7. The van der Waals surface area contributed by atoms with Gasteiger partial charge in [-0.25, -0.2) is 8.42 Å². The molecular formula is C21H27N3O4S2. The molecule has 3 rings (SSSR count). The average Bonchev–Trinajstić information content (AvgIpc) is 3.22. The standard InChI is InChI=1S/C21H27N3O4S2/c1-15-11-16(2)13-24(12-15)21(26)17-7-4-5-8-18(17)22-19(25)14-23(3)30(27,28)20-9-6-10-29-20/h4-10,15-16H,11-14H2,1-3H3,(H,22,25). The van der Waals surface area contributed by atoms with Crippen molar-refractivity contribution in [3.8, 4) is 0 Å². The molecular weight excluding hydrogens is 422 g/mol. The molecule has 1 aliphatic rings. The minimum absolute atomic E-state index is 0.121. The third-order valence-electron chi connectivity index (χ3n) is 5.11. The van der Waals surface area contributed by atoms with Crippen molar-refractivity contribution in [2.75, 3.05) is 32.0 Å². The van der Waals surface area contributed by atoms with E-state index in [1.54, 1.807) is 35.7 Å². The van der Waals surface area contributed by atoms with Gasteiger partial charge in [0.2, 0.25) is 5.91 Å². The Morgan fingerprint density at radius 2 is 1.80 bits per heavy atom. The zero-order valence-electron chi connectivity index (χ0n) is 17.4. The summed E-state index contributed by atoms with van der Waals surface area (Å²) in [7, 11) is -2.36. The number of rotatable bonds is 6. The van der Waals surface area contributed by atoms with Gasteiger partial charge in [-0.1, -0.05) is 32.0 Å². The lowest BCUT2D eigenvalue weighted by atomic mass is 9.91. The minimum atomic E-state index is -3.72. The highest BCUT2D eigenvalue weighted by molar-refractivity contribution is 7.91. The molecule has 162 valence electrons. The van der Waals surface area contributed by atoms with Crippen LogP contribution in [0.4, 0.5) is 5.69 Å². The van der Waals surface area contributed by atoms with E-state index >= 15 is 0 Å². The third-order valence-corrected chi connectivity index (χ3v) is 8.29. The number of carbonyl (C=O) groups is 2. The van der Waals surface area contributed by atoms with Crippen molar-refractivity contribution in [2.24, 2.45) is 11.8 Å². The van der Waals surface area contributed by atoms with Crippen LogP contribution < -0.4 is 5.32 Å². The summed E-state index contributed by atoms with van der Waals surface area (Å²) in [6, 6.07) is 10.00. The van der Waals surface area contributed by atoms with Crippen molar-refractivity contribution in [1.29, 1.82) is 0 Å². The summed E-state index contributed by atoms with van der Waals surface area (Å²) >= 11 is 1.10. The number of thiophene rings is 1. The fourth-order valence-electron chi connectivity index (χ4n) is 3.82. The lowest BCUT2D eigenvalue weighted by Gasteiger charge is -2.35. The molecule has 30 heavy (non-hydrogen) atoms. The number of sulfonamides is 1. The van der Waals surface area contributed by atoms with Crippen molar-refractivity contribution in [2.45, 2.75) is 24.5 Å². The molecule has 2 heterocycles. The summed E-state index contributed by atoms with van der Waals surface area (Å²) < 4.78 is 26.2. The number of piperidine rings is 1. The molecule has 1 aromatic heterocycles. The molecule has 2 aromatic rings. The summed E-state index contributed by atoms with van der Waals surface area (Å²) in [6.07, 6.45) is 1.09. The summed E-state index contributed by atoms with van der Waals surface area (Å²) in [5, 5.41) is 4.38. The van der Waals surface area contributed by atoms with E-state index in [1.807, 2.05) is 4.90 Å². The molecule has 1 saturated heterocycles. The smallest absolute Gasteiger partial charge is 0.255 e. The van der Waals surface area contributed by atoms with Crippen LogP contribution in [0.2, 0.25) is 0 Å². The highest BCUT2D eigenvalue weighted by Gasteiger charge is 2.28. The number of likely N-dealkylation sites (tertiary alicyclic amines) is 1. The Morgan fingerprint density at radius 1 is 1.13 bits per heavy atom. The molecule has 0 aliphatic carbocycles. The van der Waals surface area contributed by atoms with Crippen LogP contribution in [0.3, 0.4) is 0 Å². The monoisotopic (exact) mass is 449 g/mol. The van der Waals surface area contributed by atoms with Gasteiger partial charge in [-0.3, -0.25) is 9.59 Å². The summed E-state index contributed by atoms with van der Waals surface area (Å²) in [5.41, 5.74) is 0.802. The molecule has 7 nitrogen and oxygen atoms in total. The van der Waals surface area contributed by atoms with E-state index in [0.29, 0.717) is 36.2 Å². The first kappa shape index (κ1) is 22.5. The molecule has 0 saturated carbocycles. The number of hydrogen-bond donors (Lipinski definition) is 1. The van der Waals surface area contributed by atoms with Gasteiger partial charge >= 0.3 is 0 Å². The largest absolute Gasteiger partial charge is 0.338 e. The topological polar surface area (TPSA) is 86.8 Å². The van der Waals surface area contributed by atoms with Gasteiger partial charge in [-0.2, -0.15) is 4.31 Å². The zero-order chi connectivity index (χ0) is 21.9. The first-order chi connectivity index (χ1) is 14.2. The molecule has 0 bridgehead atoms. The Labute approximate surface area is 181 Å². The van der Waals surface area contributed by atoms with Crippen molar-refractivity contribution in [1.82, 2.24) is 9.21 Å². The number of hydrogen-bond acceptors (Lipinski definition) is 5. The molecule has 2 atom stereocenters. The van der Waals surface area contributed by atoms with Gasteiger partial charge in [0.1, 0.15) is 4.21 Å². The van der Waals surface area contributed by atoms with Crippen LogP contribution in [0.5, 0.6) is 0 Å². The number of nitrogens with one attached hydrogen (secondary N) is 1. The van der Waals surface area contributed by atoms with Gasteiger partial charge in [-0.05, 0) is 41.8 Å². The molecule has 2 unspecified atom stereocenters. The van der Waals surface area contributed by atoms with Gasteiger partial charge in [0.25, 0.3) is 15.9 Å². The van der Waals surface area contributed by atoms with Crippen LogP contribution >= 0.6 is 11.3 Å². The average molecular weight is 450 g/mol. The predicted octanol–water partition coefficient (Wildman–Crippen LogP) is 3.13. The second kappa shape index (κ2) is 9.28. The maximum absolute atomic E-state index is 13.1. The zero-order valence-corrected chi connectivity index (χ0v) is 19.0. The van der Waals surface area contributed by atoms with E-state index in [9.17, 15) is 18.0 Å². The Bertz CT molecular complexity index is 995. The fourth-order valence-corrected chi connectivity index (χ4v) is 6.15. The molecule has 1 N–H and O–H groups in total. The second-order valence-corrected chi connectivity index (χ2v) is 11.2. The van der Waals surface area contributed by atoms with Gasteiger partial charge in [0.05, 0.1) is 17.8 Å². The fraction of sp³-hybridized carbons (Fsp3) is 0.429. The minimum Gasteiger partial charge on any atom is -0.338 e. The number of amides is 2. The first-order valence-electron chi connectivity index (χ1n) is 9.86. The van der Waals surface area contributed by atoms with Gasteiger partial charge in [0, 0.05) is 20.1 Å². The molecule has 2 amide bonds. The lowest BCUT2D eigenvalue weighted by molar-refractivity contribution is -0.116. The Balaban J connectivity index is 1.71. The number of carbonyl (C=O) groups excluding carboxylic acids is 2. The van der Waals surface area contributed by atoms with E-state index in [1.165, 1.54) is 13.1 Å². The quantitative estimate of drug-likeness (QED) is 0.734. The number of anilines is 1. The van der Waals surface area contributed by atoms with E-state index in [4.69, 9.17) is 0 Å². The Morgan fingerprint density at radius 3 is 2.43 bits per heavy atom. The van der Waals surface area contributed by atoms with Crippen LogP contribution in [0, 0.1) is 11.8 Å². The molecule has 9 heteroatoms. The van der Waals surface area contributed by atoms with Crippen LogP contribution in [-0.2, 0) is 14.8 Å². The molecule has 1 fully saturated rings. The summed E-state index contributed by atoms with van der Waals surface area (Å²) in [4.78, 5) is 27.5. The van der Waals surface area contributed by atoms with Gasteiger partial charge in [-0.15, -0.1) is 11.3 Å². The highest BCUT2D eigenvalue weighted by Crippen LogP contribution is 2.25. The maximum atomic E-state index is 13.1. The number of likely N-dealkylation sites (N-methyl/N-ethyl adjacent to an activating group) is 1. The summed E-state index contributed by atoms with van der Waals surface area (Å²) in [6.45, 7) is 5.29. The van der Waals surface area contributed by atoms with E-state index in [-0.39, 0.29) is 16.7 Å². The van der Waals surface area contributed by atoms with Crippen LogP contribution in [0.15, 0.2) is 46.0 Å².